The van der Waals surface area contributed by atoms with Crippen LogP contribution in [-0.4, -0.2) is 54.2 Å². The van der Waals surface area contributed by atoms with E-state index in [1.54, 1.807) is 0 Å². The summed E-state index contributed by atoms with van der Waals surface area (Å²) in [5.74, 6) is -1.39. The molecule has 2 aliphatic rings. The highest BCUT2D eigenvalue weighted by atomic mass is 16.6. The van der Waals surface area contributed by atoms with E-state index in [9.17, 15) is 14.7 Å². The Morgan fingerprint density at radius 1 is 1.20 bits per heavy atom. The lowest BCUT2D eigenvalue weighted by molar-refractivity contribution is -0.249. The number of β-lactam (4-membered cyclic amide) rings is 1. The van der Waals surface area contributed by atoms with E-state index >= 15 is 0 Å². The Labute approximate surface area is 173 Å². The van der Waals surface area contributed by atoms with E-state index in [2.05, 4.69) is 0 Å². The number of benzene rings is 2. The quantitative estimate of drug-likeness (QED) is 0.416. The highest BCUT2D eigenvalue weighted by Crippen LogP contribution is 2.39. The topological polar surface area (TPSA) is 111 Å². The van der Waals surface area contributed by atoms with Gasteiger partial charge in [0, 0.05) is 12.7 Å². The first-order valence-electron chi connectivity index (χ1n) is 9.44. The Morgan fingerprint density at radius 3 is 2.27 bits per heavy atom. The molecule has 0 spiro atoms. The van der Waals surface area contributed by atoms with Gasteiger partial charge in [0.05, 0.1) is 13.2 Å². The molecule has 8 nitrogen and oxygen atoms in total. The number of aliphatic hydroxyl groups excluding tert-OH is 1. The molecular formula is C22H22N2O6. The van der Waals surface area contributed by atoms with E-state index in [0.29, 0.717) is 0 Å². The van der Waals surface area contributed by atoms with Crippen molar-refractivity contribution in [1.29, 1.82) is 0 Å². The van der Waals surface area contributed by atoms with Gasteiger partial charge < -0.3 is 19.3 Å². The third-order valence-corrected chi connectivity index (χ3v) is 5.30. The summed E-state index contributed by atoms with van der Waals surface area (Å²) in [5.41, 5.74) is 6.00. The average molecular weight is 410 g/mol. The van der Waals surface area contributed by atoms with Crippen LogP contribution in [0.25, 0.3) is 0 Å². The number of nitrogens with two attached hydrogens (primary N) is 1. The van der Waals surface area contributed by atoms with Crippen LogP contribution in [0.1, 0.15) is 17.2 Å². The molecule has 1 fully saturated rings. The van der Waals surface area contributed by atoms with Crippen molar-refractivity contribution in [3.05, 3.63) is 83.1 Å². The van der Waals surface area contributed by atoms with Gasteiger partial charge in [0.25, 0.3) is 5.91 Å². The zero-order chi connectivity index (χ0) is 21.3. The largest absolute Gasteiger partial charge is 0.448 e. The predicted molar refractivity (Wildman–Crippen MR) is 105 cm³/mol. The molecule has 0 aromatic heterocycles. The molecule has 2 atom stereocenters. The third kappa shape index (κ3) is 3.20. The van der Waals surface area contributed by atoms with Gasteiger partial charge in [-0.25, -0.2) is 4.79 Å². The van der Waals surface area contributed by atoms with Gasteiger partial charge >= 0.3 is 5.97 Å². The number of rotatable bonds is 6. The van der Waals surface area contributed by atoms with Gasteiger partial charge in [-0.15, -0.1) is 0 Å². The Kier molecular flexibility index (Phi) is 5.40. The number of aliphatic hydroxyl groups is 1. The maximum absolute atomic E-state index is 13.2. The number of nitrogens with zero attached hydrogens (tertiary/aromatic N) is 1. The number of carbonyl (C=O) groups excluding carboxylic acids is 2. The van der Waals surface area contributed by atoms with Gasteiger partial charge in [0.1, 0.15) is 5.70 Å². The minimum atomic E-state index is -1.68. The molecule has 0 saturated carbocycles. The van der Waals surface area contributed by atoms with Crippen molar-refractivity contribution in [2.24, 2.45) is 5.73 Å². The van der Waals surface area contributed by atoms with E-state index < -0.39 is 36.5 Å². The molecule has 8 heteroatoms. The van der Waals surface area contributed by atoms with E-state index in [-0.39, 0.29) is 17.9 Å². The molecule has 1 saturated heterocycles. The highest BCUT2D eigenvalue weighted by molar-refractivity contribution is 6.02. The van der Waals surface area contributed by atoms with Crippen LogP contribution in [0.2, 0.25) is 0 Å². The van der Waals surface area contributed by atoms with Crippen molar-refractivity contribution in [3.63, 3.8) is 0 Å². The first-order valence-corrected chi connectivity index (χ1v) is 9.44. The number of methoxy groups -OCH3 is 1. The van der Waals surface area contributed by atoms with E-state index in [1.165, 1.54) is 7.11 Å². The van der Waals surface area contributed by atoms with Crippen LogP contribution in [0, 0.1) is 0 Å². The number of esters is 1. The Balaban J connectivity index is 1.68. The van der Waals surface area contributed by atoms with Crippen molar-refractivity contribution in [3.8, 4) is 0 Å². The number of amides is 1. The van der Waals surface area contributed by atoms with Gasteiger partial charge in [-0.3, -0.25) is 15.4 Å². The molecule has 2 aromatic rings. The highest BCUT2D eigenvalue weighted by Gasteiger charge is 2.64. The monoisotopic (exact) mass is 410 g/mol. The SMILES string of the molecule is CO[C@@]1(N)C(=O)N2C(C(=O)OC(c3ccccc3)c3ccccc3)=C(CO)COC21. The first kappa shape index (κ1) is 20.2. The fourth-order valence-electron chi connectivity index (χ4n) is 3.66. The molecule has 0 aliphatic carbocycles. The predicted octanol–water partition coefficient (Wildman–Crippen LogP) is 1.07. The Morgan fingerprint density at radius 2 is 1.77 bits per heavy atom. The maximum Gasteiger partial charge on any atom is 0.356 e. The van der Waals surface area contributed by atoms with Crippen molar-refractivity contribution in [1.82, 2.24) is 4.90 Å². The lowest BCUT2D eigenvalue weighted by Gasteiger charge is -2.53. The number of hydrogen-bond acceptors (Lipinski definition) is 7. The van der Waals surface area contributed by atoms with Gasteiger partial charge in [-0.2, -0.15) is 0 Å². The maximum atomic E-state index is 13.2. The van der Waals surface area contributed by atoms with Gasteiger partial charge in [-0.1, -0.05) is 60.7 Å². The smallest absolute Gasteiger partial charge is 0.356 e. The summed E-state index contributed by atoms with van der Waals surface area (Å²) < 4.78 is 16.5. The van der Waals surface area contributed by atoms with Crippen molar-refractivity contribution in [2.75, 3.05) is 20.3 Å². The standard InChI is InChI=1S/C22H22N2O6/c1-28-22(23)20(27)24-17(16(12-25)13-29-21(22)24)19(26)30-18(14-8-4-2-5-9-14)15-10-6-3-7-11-15/h2-11,18,21,25H,12-13,23H2,1H3/t21?,22-/m0/s1. The van der Waals surface area contributed by atoms with Crippen LogP contribution in [-0.2, 0) is 23.8 Å². The number of ether oxygens (including phenoxy) is 3. The minimum absolute atomic E-state index is 0.0614. The van der Waals surface area contributed by atoms with Crippen LogP contribution >= 0.6 is 0 Å². The fraction of sp³-hybridized carbons (Fsp3) is 0.273. The molecule has 3 N–H and O–H groups in total. The molecule has 2 aromatic carbocycles. The summed E-state index contributed by atoms with van der Waals surface area (Å²) in [6, 6.07) is 18.5. The van der Waals surface area contributed by atoms with Crippen LogP contribution < -0.4 is 5.73 Å². The molecule has 1 unspecified atom stereocenters. The third-order valence-electron chi connectivity index (χ3n) is 5.30. The Hall–Kier alpha value is -3.04. The number of hydrogen-bond donors (Lipinski definition) is 2. The summed E-state index contributed by atoms with van der Waals surface area (Å²) in [6.07, 6.45) is -1.67. The molecule has 0 radical (unpaired) electrons. The lowest BCUT2D eigenvalue weighted by Crippen LogP contribution is -2.80. The van der Waals surface area contributed by atoms with Gasteiger partial charge in [0.15, 0.2) is 12.3 Å². The second-order valence-corrected chi connectivity index (χ2v) is 7.05. The van der Waals surface area contributed by atoms with Gasteiger partial charge in [-0.05, 0) is 11.1 Å². The summed E-state index contributed by atoms with van der Waals surface area (Å²) in [6.45, 7) is -0.536. The number of fused-ring (bicyclic) bond motifs is 1. The molecule has 0 bridgehead atoms. The van der Waals surface area contributed by atoms with Crippen LogP contribution in [0.4, 0.5) is 0 Å². The normalized spacial score (nSPS) is 23.3. The molecule has 30 heavy (non-hydrogen) atoms. The minimum Gasteiger partial charge on any atom is -0.448 e. The van der Waals surface area contributed by atoms with Crippen molar-refractivity contribution in [2.45, 2.75) is 18.1 Å². The van der Waals surface area contributed by atoms with Crippen LogP contribution in [0.15, 0.2) is 71.9 Å². The summed E-state index contributed by atoms with van der Waals surface area (Å²) in [7, 11) is 1.29. The average Bonchev–Trinajstić information content (AvgIpc) is 2.81. The molecule has 4 rings (SSSR count). The van der Waals surface area contributed by atoms with E-state index in [1.807, 2.05) is 60.7 Å². The zero-order valence-electron chi connectivity index (χ0n) is 16.4. The first-order chi connectivity index (χ1) is 14.5. The summed E-state index contributed by atoms with van der Waals surface area (Å²) in [4.78, 5) is 27.0. The van der Waals surface area contributed by atoms with Gasteiger partial charge in [0.2, 0.25) is 5.72 Å². The van der Waals surface area contributed by atoms with E-state index in [4.69, 9.17) is 19.9 Å². The van der Waals surface area contributed by atoms with Crippen molar-refractivity contribution >= 4 is 11.9 Å². The van der Waals surface area contributed by atoms with Crippen LogP contribution in [0.5, 0.6) is 0 Å². The molecule has 156 valence electrons. The van der Waals surface area contributed by atoms with Crippen LogP contribution in [0.3, 0.4) is 0 Å². The molecule has 1 amide bonds. The zero-order valence-corrected chi connectivity index (χ0v) is 16.4. The molecular weight excluding hydrogens is 388 g/mol. The summed E-state index contributed by atoms with van der Waals surface area (Å²) >= 11 is 0. The molecule has 2 heterocycles. The molecule has 2 aliphatic heterocycles. The fourth-order valence-corrected chi connectivity index (χ4v) is 3.66. The van der Waals surface area contributed by atoms with E-state index in [0.717, 1.165) is 16.0 Å². The lowest BCUT2D eigenvalue weighted by atomic mass is 9.95. The number of carbonyl (C=O) groups is 2. The second kappa shape index (κ2) is 8.00. The van der Waals surface area contributed by atoms with Crippen molar-refractivity contribution < 1.29 is 28.9 Å². The Bertz CT molecular complexity index is 938. The second-order valence-electron chi connectivity index (χ2n) is 7.05. The summed E-state index contributed by atoms with van der Waals surface area (Å²) in [5, 5.41) is 9.73.